The van der Waals surface area contributed by atoms with Gasteiger partial charge < -0.3 is 14.5 Å². The fraction of sp³-hybridized carbons (Fsp3) is 0.370. The topological polar surface area (TPSA) is 67.7 Å². The van der Waals surface area contributed by atoms with Gasteiger partial charge in [0.25, 0.3) is 0 Å². The molecule has 7 nitrogen and oxygen atoms in total. The van der Waals surface area contributed by atoms with Gasteiger partial charge in [-0.15, -0.1) is 11.8 Å². The van der Waals surface area contributed by atoms with Crippen LogP contribution >= 0.6 is 11.8 Å². The van der Waals surface area contributed by atoms with Gasteiger partial charge in [0.2, 0.25) is 5.91 Å². The lowest BCUT2D eigenvalue weighted by Gasteiger charge is -2.40. The summed E-state index contributed by atoms with van der Waals surface area (Å²) in [6.45, 7) is 5.79. The number of amides is 1. The first-order valence-corrected chi connectivity index (χ1v) is 13.4. The van der Waals surface area contributed by atoms with Crippen molar-refractivity contribution in [1.29, 1.82) is 0 Å². The van der Waals surface area contributed by atoms with Crippen molar-refractivity contribution in [3.05, 3.63) is 64.9 Å². The van der Waals surface area contributed by atoms with Crippen molar-refractivity contribution < 1.29 is 27.1 Å². The van der Waals surface area contributed by atoms with Gasteiger partial charge in [0, 0.05) is 59.7 Å². The number of benzene rings is 2. The van der Waals surface area contributed by atoms with Crippen molar-refractivity contribution >= 4 is 34.4 Å². The number of rotatable bonds is 3. The normalized spacial score (nSPS) is 18.7. The smallest absolute Gasteiger partial charge is 0.380 e. The first kappa shape index (κ1) is 25.9. The van der Waals surface area contributed by atoms with Gasteiger partial charge >= 0.3 is 11.9 Å². The summed E-state index contributed by atoms with van der Waals surface area (Å²) in [6.07, 6.45) is -3.51. The second-order valence-corrected chi connectivity index (χ2v) is 11.1. The van der Waals surface area contributed by atoms with Crippen LogP contribution in [0.1, 0.15) is 5.56 Å². The molecule has 2 aromatic carbocycles. The third kappa shape index (κ3) is 4.39. The zero-order valence-corrected chi connectivity index (χ0v) is 21.6. The molecule has 6 rings (SSSR count). The van der Waals surface area contributed by atoms with E-state index in [0.29, 0.717) is 55.6 Å². The number of piperazine rings is 1. The Bertz CT molecular complexity index is 1540. The Morgan fingerprint density at radius 1 is 1.13 bits per heavy atom. The Morgan fingerprint density at radius 2 is 1.82 bits per heavy atom. The summed E-state index contributed by atoms with van der Waals surface area (Å²) in [5.41, 5.74) is -1.32. The average Bonchev–Trinajstić information content (AvgIpc) is 3.09. The quantitative estimate of drug-likeness (QED) is 0.354. The number of ether oxygens (including phenoxy) is 1. The van der Waals surface area contributed by atoms with Crippen LogP contribution in [-0.4, -0.2) is 65.5 Å². The molecule has 2 saturated heterocycles. The molecule has 39 heavy (non-hydrogen) atoms. The highest BCUT2D eigenvalue weighted by Gasteiger charge is 2.44. The van der Waals surface area contributed by atoms with E-state index in [1.165, 1.54) is 34.5 Å². The van der Waals surface area contributed by atoms with E-state index in [0.717, 1.165) is 18.2 Å². The predicted molar refractivity (Wildman–Crippen MR) is 139 cm³/mol. The Kier molecular flexibility index (Phi) is 6.22. The third-order valence-corrected chi connectivity index (χ3v) is 8.98. The molecular weight excluding hydrogens is 536 g/mol. The average molecular weight is 561 g/mol. The molecular formula is C27H24F4N4O3S. The van der Waals surface area contributed by atoms with Gasteiger partial charge in [-0.25, -0.2) is 9.18 Å². The number of carbonyl (C=O) groups excluding carboxylic acids is 1. The van der Waals surface area contributed by atoms with E-state index in [-0.39, 0.29) is 34.8 Å². The first-order valence-electron chi connectivity index (χ1n) is 12.4. The van der Waals surface area contributed by atoms with Crippen molar-refractivity contribution in [1.82, 2.24) is 14.5 Å². The largest absolute Gasteiger partial charge is 0.417 e. The van der Waals surface area contributed by atoms with E-state index in [2.05, 4.69) is 11.6 Å². The molecule has 1 aromatic heterocycles. The third-order valence-electron chi connectivity index (χ3n) is 7.54. The van der Waals surface area contributed by atoms with Crippen LogP contribution in [0.5, 0.6) is 0 Å². The zero-order chi connectivity index (χ0) is 27.5. The molecule has 3 aromatic rings. The number of halogens is 4. The second kappa shape index (κ2) is 9.37. The minimum atomic E-state index is -4.73. The van der Waals surface area contributed by atoms with E-state index < -0.39 is 28.7 Å². The molecule has 1 spiro atoms. The molecule has 0 bridgehead atoms. The number of hydrogen-bond donors (Lipinski definition) is 0. The van der Waals surface area contributed by atoms with Crippen LogP contribution in [-0.2, 0) is 22.3 Å². The maximum absolute atomic E-state index is 14.7. The van der Waals surface area contributed by atoms with Crippen LogP contribution < -0.4 is 10.6 Å². The molecule has 0 saturated carbocycles. The molecule has 2 fully saturated rings. The number of carbonyl (C=O) groups is 1. The van der Waals surface area contributed by atoms with Gasteiger partial charge in [-0.1, -0.05) is 18.7 Å². The van der Waals surface area contributed by atoms with Crippen LogP contribution in [0.3, 0.4) is 0 Å². The molecule has 3 aliphatic rings. The maximum Gasteiger partial charge on any atom is 0.417 e. The number of hydrogen-bond acceptors (Lipinski definition) is 6. The summed E-state index contributed by atoms with van der Waals surface area (Å²) >= 11 is 1.27. The summed E-state index contributed by atoms with van der Waals surface area (Å²) < 4.78 is 64.7. The standard InChI is InChI=1S/C27H24F4N4O3S/c1-2-20(36)33-7-9-34(10-8-33)24-18-11-19(27(29,30)31)21(16-3-5-17(28)6-4-16)23-22(18)35(25(37)32-24)12-26(15-39-23)13-38-14-26/h2-6,11H,1,7-10,12-15H2. The molecule has 204 valence electrons. The van der Waals surface area contributed by atoms with Crippen LogP contribution in [0.4, 0.5) is 23.4 Å². The van der Waals surface area contributed by atoms with Crippen LogP contribution in [0.2, 0.25) is 0 Å². The summed E-state index contributed by atoms with van der Waals surface area (Å²) in [5, 5.41) is 0.219. The molecule has 1 amide bonds. The van der Waals surface area contributed by atoms with E-state index in [4.69, 9.17) is 4.74 Å². The van der Waals surface area contributed by atoms with Gasteiger partial charge in [0.1, 0.15) is 11.6 Å². The number of thioether (sulfide) groups is 1. The zero-order valence-electron chi connectivity index (χ0n) is 20.8. The van der Waals surface area contributed by atoms with Gasteiger partial charge in [-0.3, -0.25) is 9.36 Å². The fourth-order valence-electron chi connectivity index (χ4n) is 5.49. The minimum Gasteiger partial charge on any atom is -0.380 e. The van der Waals surface area contributed by atoms with E-state index in [1.807, 2.05) is 0 Å². The van der Waals surface area contributed by atoms with E-state index >= 15 is 0 Å². The van der Waals surface area contributed by atoms with Crippen molar-refractivity contribution in [3.63, 3.8) is 0 Å². The summed E-state index contributed by atoms with van der Waals surface area (Å²) in [5.74, 6) is -0.176. The summed E-state index contributed by atoms with van der Waals surface area (Å²) in [4.78, 5) is 33.5. The molecule has 4 heterocycles. The summed E-state index contributed by atoms with van der Waals surface area (Å²) in [6, 6.07) is 5.98. The van der Waals surface area contributed by atoms with E-state index in [1.54, 1.807) is 9.80 Å². The summed E-state index contributed by atoms with van der Waals surface area (Å²) in [7, 11) is 0. The van der Waals surface area contributed by atoms with Gasteiger partial charge in [0.15, 0.2) is 0 Å². The number of aromatic nitrogens is 2. The lowest BCUT2D eigenvalue weighted by molar-refractivity contribution is -0.137. The molecule has 0 aliphatic carbocycles. The first-order chi connectivity index (χ1) is 18.6. The monoisotopic (exact) mass is 560 g/mol. The molecule has 3 aliphatic heterocycles. The predicted octanol–water partition coefficient (Wildman–Crippen LogP) is 4.18. The van der Waals surface area contributed by atoms with Crippen LogP contribution in [0.25, 0.3) is 22.0 Å². The number of alkyl halides is 3. The molecule has 0 N–H and O–H groups in total. The highest BCUT2D eigenvalue weighted by molar-refractivity contribution is 7.99. The van der Waals surface area contributed by atoms with Gasteiger partial charge in [-0.2, -0.15) is 18.2 Å². The second-order valence-electron chi connectivity index (χ2n) is 10.1. The van der Waals surface area contributed by atoms with Gasteiger partial charge in [0.05, 0.1) is 24.3 Å². The van der Waals surface area contributed by atoms with Crippen molar-refractivity contribution in [2.75, 3.05) is 50.0 Å². The highest BCUT2D eigenvalue weighted by atomic mass is 32.2. The SMILES string of the molecule is C=CC(=O)N1CCN(c2nc(=O)n3c4c(c(-c5ccc(F)cc5)c(C(F)(F)F)cc24)SCC2(COC2)C3)CC1. The Labute approximate surface area is 225 Å². The lowest BCUT2D eigenvalue weighted by Crippen LogP contribution is -2.50. The molecule has 0 atom stereocenters. The molecule has 0 unspecified atom stereocenters. The molecule has 12 heteroatoms. The molecule has 0 radical (unpaired) electrons. The Morgan fingerprint density at radius 3 is 2.41 bits per heavy atom. The number of anilines is 1. The maximum atomic E-state index is 14.7. The van der Waals surface area contributed by atoms with E-state index in [9.17, 15) is 27.2 Å². The minimum absolute atomic E-state index is 0.0796. The van der Waals surface area contributed by atoms with Crippen LogP contribution in [0.15, 0.2) is 52.7 Å². The van der Waals surface area contributed by atoms with Crippen molar-refractivity contribution in [2.45, 2.75) is 17.6 Å². The number of nitrogens with zero attached hydrogens (tertiary/aromatic N) is 4. The van der Waals surface area contributed by atoms with Crippen molar-refractivity contribution in [3.8, 4) is 11.1 Å². The van der Waals surface area contributed by atoms with Gasteiger partial charge in [-0.05, 0) is 29.8 Å². The Hall–Kier alpha value is -3.38. The fourth-order valence-corrected chi connectivity index (χ4v) is 6.93. The Balaban J connectivity index is 1.61. The van der Waals surface area contributed by atoms with Crippen molar-refractivity contribution in [2.24, 2.45) is 5.41 Å². The highest BCUT2D eigenvalue weighted by Crippen LogP contribution is 2.50. The van der Waals surface area contributed by atoms with Crippen LogP contribution in [0, 0.1) is 11.2 Å². The lowest BCUT2D eigenvalue weighted by atomic mass is 9.88.